The smallest absolute Gasteiger partial charge is 0.0940 e. The molecule has 1 aromatic carbocycles. The fourth-order valence-electron chi connectivity index (χ4n) is 1.13. The van der Waals surface area contributed by atoms with Crippen LogP contribution in [0.2, 0.25) is 5.02 Å². The average Bonchev–Trinajstić information content (AvgIpc) is 2.17. The molecule has 0 radical (unpaired) electrons. The van der Waals surface area contributed by atoms with E-state index in [9.17, 15) is 5.11 Å². The van der Waals surface area contributed by atoms with E-state index in [0.29, 0.717) is 5.02 Å². The molecule has 0 aliphatic heterocycles. The van der Waals surface area contributed by atoms with Gasteiger partial charge in [-0.3, -0.25) is 0 Å². The third-order valence-electron chi connectivity index (χ3n) is 2.09. The maximum absolute atomic E-state index is 9.71. The summed E-state index contributed by atoms with van der Waals surface area (Å²) in [6.07, 6.45) is 0.159. The number of hydrogen-bond donors (Lipinski definition) is 2. The zero-order chi connectivity index (χ0) is 9.84. The monoisotopic (exact) mass is 199 g/mol. The summed E-state index contributed by atoms with van der Waals surface area (Å²) < 4.78 is 0. The highest BCUT2D eigenvalue weighted by molar-refractivity contribution is 6.30. The Morgan fingerprint density at radius 1 is 1.38 bits per heavy atom. The molecule has 2 nitrogen and oxygen atoms in total. The van der Waals surface area contributed by atoms with Gasteiger partial charge in [0.15, 0.2) is 0 Å². The lowest BCUT2D eigenvalue weighted by atomic mass is 10.0. The fourth-order valence-corrected chi connectivity index (χ4v) is 1.26. The molecule has 0 fully saturated rings. The molecule has 13 heavy (non-hydrogen) atoms. The van der Waals surface area contributed by atoms with Gasteiger partial charge in [-0.2, -0.15) is 0 Å². The summed E-state index contributed by atoms with van der Waals surface area (Å²) in [6.45, 7) is 1.95. The molecule has 1 aromatic rings. The van der Waals surface area contributed by atoms with Gasteiger partial charge < -0.3 is 10.8 Å². The van der Waals surface area contributed by atoms with Crippen LogP contribution in [-0.2, 0) is 0 Å². The fraction of sp³-hybridized carbons (Fsp3) is 0.400. The van der Waals surface area contributed by atoms with Gasteiger partial charge in [-0.05, 0) is 24.1 Å². The molecule has 0 amide bonds. The molecule has 0 aliphatic carbocycles. The van der Waals surface area contributed by atoms with Gasteiger partial charge in [0, 0.05) is 11.1 Å². The summed E-state index contributed by atoms with van der Waals surface area (Å²) in [5.41, 5.74) is 6.52. The first kappa shape index (κ1) is 10.5. The second-order valence-electron chi connectivity index (χ2n) is 3.07. The quantitative estimate of drug-likeness (QED) is 0.784. The molecule has 0 bridgehead atoms. The molecule has 0 aliphatic rings. The Kier molecular flexibility index (Phi) is 3.72. The summed E-state index contributed by atoms with van der Waals surface area (Å²) in [5, 5.41) is 10.4. The van der Waals surface area contributed by atoms with Gasteiger partial charge in [0.25, 0.3) is 0 Å². The van der Waals surface area contributed by atoms with Crippen molar-refractivity contribution in [1.82, 2.24) is 0 Å². The number of hydrogen-bond acceptors (Lipinski definition) is 2. The molecule has 3 heteroatoms. The van der Waals surface area contributed by atoms with Crippen molar-refractivity contribution in [3.8, 4) is 0 Å². The van der Waals surface area contributed by atoms with Crippen LogP contribution in [-0.4, -0.2) is 11.1 Å². The van der Waals surface area contributed by atoms with Gasteiger partial charge in [0.1, 0.15) is 0 Å². The van der Waals surface area contributed by atoms with E-state index in [1.165, 1.54) is 0 Å². The average molecular weight is 200 g/mol. The highest BCUT2D eigenvalue weighted by atomic mass is 35.5. The van der Waals surface area contributed by atoms with Crippen molar-refractivity contribution in [2.24, 2.45) is 5.73 Å². The predicted molar refractivity (Wildman–Crippen MR) is 54.7 cm³/mol. The van der Waals surface area contributed by atoms with E-state index in [2.05, 4.69) is 0 Å². The van der Waals surface area contributed by atoms with Crippen LogP contribution >= 0.6 is 11.6 Å². The van der Waals surface area contributed by atoms with Crippen LogP contribution in [0.4, 0.5) is 0 Å². The lowest BCUT2D eigenvalue weighted by Crippen LogP contribution is -2.27. The SMILES string of the molecule is CC[C@H](N)[C@H](O)c1ccc(Cl)cc1. The van der Waals surface area contributed by atoms with Gasteiger partial charge in [0.05, 0.1) is 6.10 Å². The van der Waals surface area contributed by atoms with Crippen molar-refractivity contribution in [3.05, 3.63) is 34.9 Å². The van der Waals surface area contributed by atoms with Crippen LogP contribution in [0.15, 0.2) is 24.3 Å². The number of nitrogens with two attached hydrogens (primary N) is 1. The molecule has 72 valence electrons. The zero-order valence-electron chi connectivity index (χ0n) is 7.57. The van der Waals surface area contributed by atoms with E-state index in [1.54, 1.807) is 24.3 Å². The Morgan fingerprint density at radius 2 is 1.92 bits per heavy atom. The minimum absolute atomic E-state index is 0.207. The highest BCUT2D eigenvalue weighted by Gasteiger charge is 2.14. The summed E-state index contributed by atoms with van der Waals surface area (Å²) in [4.78, 5) is 0. The molecule has 2 atom stereocenters. The first-order valence-electron chi connectivity index (χ1n) is 4.34. The number of rotatable bonds is 3. The second-order valence-corrected chi connectivity index (χ2v) is 3.50. The number of aliphatic hydroxyl groups is 1. The van der Waals surface area contributed by atoms with Crippen molar-refractivity contribution < 1.29 is 5.11 Å². The van der Waals surface area contributed by atoms with Crippen LogP contribution in [0.3, 0.4) is 0 Å². The second kappa shape index (κ2) is 4.61. The number of benzene rings is 1. The molecular formula is C10H14ClNO. The third kappa shape index (κ3) is 2.69. The molecule has 0 spiro atoms. The summed E-state index contributed by atoms with van der Waals surface area (Å²) >= 11 is 5.72. The van der Waals surface area contributed by atoms with Crippen LogP contribution in [0.1, 0.15) is 25.0 Å². The molecule has 0 heterocycles. The van der Waals surface area contributed by atoms with Crippen molar-refractivity contribution in [2.75, 3.05) is 0 Å². The van der Waals surface area contributed by atoms with E-state index >= 15 is 0 Å². The van der Waals surface area contributed by atoms with Crippen molar-refractivity contribution >= 4 is 11.6 Å². The number of halogens is 1. The maximum Gasteiger partial charge on any atom is 0.0940 e. The van der Waals surface area contributed by atoms with Gasteiger partial charge in [-0.1, -0.05) is 30.7 Å². The third-order valence-corrected chi connectivity index (χ3v) is 2.34. The largest absolute Gasteiger partial charge is 0.387 e. The van der Waals surface area contributed by atoms with Gasteiger partial charge in [0.2, 0.25) is 0 Å². The minimum Gasteiger partial charge on any atom is -0.387 e. The topological polar surface area (TPSA) is 46.2 Å². The van der Waals surface area contributed by atoms with E-state index in [4.69, 9.17) is 17.3 Å². The van der Waals surface area contributed by atoms with E-state index in [-0.39, 0.29) is 6.04 Å². The molecule has 0 saturated heterocycles. The van der Waals surface area contributed by atoms with Crippen LogP contribution in [0.25, 0.3) is 0 Å². The van der Waals surface area contributed by atoms with E-state index in [1.807, 2.05) is 6.92 Å². The van der Waals surface area contributed by atoms with Crippen LogP contribution in [0, 0.1) is 0 Å². The lowest BCUT2D eigenvalue weighted by Gasteiger charge is -2.17. The van der Waals surface area contributed by atoms with Crippen molar-refractivity contribution in [2.45, 2.75) is 25.5 Å². The van der Waals surface area contributed by atoms with E-state index in [0.717, 1.165) is 12.0 Å². The highest BCUT2D eigenvalue weighted by Crippen LogP contribution is 2.19. The Morgan fingerprint density at radius 3 is 2.38 bits per heavy atom. The predicted octanol–water partition coefficient (Wildman–Crippen LogP) is 2.11. The molecule has 3 N–H and O–H groups in total. The normalized spacial score (nSPS) is 15.4. The van der Waals surface area contributed by atoms with Crippen LogP contribution < -0.4 is 5.73 Å². The standard InChI is InChI=1S/C10H14ClNO/c1-2-9(12)10(13)7-3-5-8(11)6-4-7/h3-6,9-10,13H,2,12H2,1H3/t9-,10+/m0/s1. The number of aliphatic hydroxyl groups excluding tert-OH is 1. The Labute approximate surface area is 83.3 Å². The minimum atomic E-state index is -0.595. The van der Waals surface area contributed by atoms with Crippen molar-refractivity contribution in [1.29, 1.82) is 0 Å². The van der Waals surface area contributed by atoms with Gasteiger partial charge in [-0.25, -0.2) is 0 Å². The molecule has 0 aromatic heterocycles. The first-order valence-corrected chi connectivity index (χ1v) is 4.72. The molecule has 0 saturated carbocycles. The van der Waals surface area contributed by atoms with E-state index < -0.39 is 6.10 Å². The molecule has 0 unspecified atom stereocenters. The Balaban J connectivity index is 2.77. The molecule has 1 rings (SSSR count). The van der Waals surface area contributed by atoms with Crippen LogP contribution in [0.5, 0.6) is 0 Å². The van der Waals surface area contributed by atoms with Gasteiger partial charge in [-0.15, -0.1) is 0 Å². The lowest BCUT2D eigenvalue weighted by molar-refractivity contribution is 0.144. The first-order chi connectivity index (χ1) is 6.15. The summed E-state index contributed by atoms with van der Waals surface area (Å²) in [5.74, 6) is 0. The zero-order valence-corrected chi connectivity index (χ0v) is 8.33. The molecular weight excluding hydrogens is 186 g/mol. The van der Waals surface area contributed by atoms with Gasteiger partial charge >= 0.3 is 0 Å². The Bertz CT molecular complexity index is 260. The summed E-state index contributed by atoms with van der Waals surface area (Å²) in [6, 6.07) is 6.89. The Hall–Kier alpha value is -0.570. The summed E-state index contributed by atoms with van der Waals surface area (Å²) in [7, 11) is 0. The van der Waals surface area contributed by atoms with Crippen molar-refractivity contribution in [3.63, 3.8) is 0 Å². The maximum atomic E-state index is 9.71.